The van der Waals surface area contributed by atoms with Gasteiger partial charge in [0.15, 0.2) is 12.4 Å². The third-order valence-corrected chi connectivity index (χ3v) is 8.90. The Morgan fingerprint density at radius 2 is 1.54 bits per heavy atom. The summed E-state index contributed by atoms with van der Waals surface area (Å²) >= 11 is 1.06. The highest BCUT2D eigenvalue weighted by atomic mass is 32.2. The standard InChI is InChI=1S/C38H27N3O6S/c1-46-31-9-5-8-28(20-31)32-19-16-29(22-39)36(40-32)48-34-21-35(43)41(37(34)44)30-17-14-27(15-18-30)38(45)47-23-33(42)26-12-10-25(11-13-26)24-6-3-2-4-7-24/h2-20,34H,21,23H2,1H3. The zero-order valence-corrected chi connectivity index (χ0v) is 26.5. The summed E-state index contributed by atoms with van der Waals surface area (Å²) in [5, 5.41) is 9.23. The third kappa shape index (κ3) is 6.87. The van der Waals surface area contributed by atoms with Gasteiger partial charge in [-0.3, -0.25) is 14.4 Å². The molecule has 4 aromatic carbocycles. The minimum atomic E-state index is -0.796. The fourth-order valence-corrected chi connectivity index (χ4v) is 6.28. The molecule has 5 aromatic rings. The number of imide groups is 1. The summed E-state index contributed by atoms with van der Waals surface area (Å²) in [7, 11) is 1.57. The zero-order valence-electron chi connectivity index (χ0n) is 25.7. The smallest absolute Gasteiger partial charge is 0.338 e. The molecule has 1 unspecified atom stereocenters. The van der Waals surface area contributed by atoms with Gasteiger partial charge in [-0.25, -0.2) is 14.7 Å². The summed E-state index contributed by atoms with van der Waals surface area (Å²) in [6, 6.07) is 35.4. The fraction of sp³-hybridized carbons (Fsp3) is 0.105. The van der Waals surface area contributed by atoms with Crippen LogP contribution in [0.15, 0.2) is 120 Å². The molecule has 0 saturated carbocycles. The molecule has 0 N–H and O–H groups in total. The van der Waals surface area contributed by atoms with E-state index in [1.807, 2.05) is 66.7 Å². The number of nitrogens with zero attached hydrogens (tertiary/aromatic N) is 3. The van der Waals surface area contributed by atoms with E-state index in [4.69, 9.17) is 9.47 Å². The van der Waals surface area contributed by atoms with E-state index in [2.05, 4.69) is 11.1 Å². The van der Waals surface area contributed by atoms with E-state index in [-0.39, 0.29) is 29.0 Å². The first-order valence-corrected chi connectivity index (χ1v) is 15.8. The van der Waals surface area contributed by atoms with Crippen LogP contribution in [-0.2, 0) is 14.3 Å². The molecule has 236 valence electrons. The molecule has 1 fully saturated rings. The summed E-state index contributed by atoms with van der Waals surface area (Å²) in [6.07, 6.45) is -0.0856. The van der Waals surface area contributed by atoms with Gasteiger partial charge in [0, 0.05) is 17.5 Å². The molecule has 1 aromatic heterocycles. The van der Waals surface area contributed by atoms with Crippen molar-refractivity contribution in [2.75, 3.05) is 18.6 Å². The zero-order chi connectivity index (χ0) is 33.6. The number of amides is 2. The molecule has 0 bridgehead atoms. The Labute approximate surface area is 280 Å². The molecule has 6 rings (SSSR count). The highest BCUT2D eigenvalue weighted by Gasteiger charge is 2.41. The van der Waals surface area contributed by atoms with Gasteiger partial charge in [0.05, 0.1) is 34.9 Å². The van der Waals surface area contributed by atoms with Gasteiger partial charge in [0.25, 0.3) is 0 Å². The van der Waals surface area contributed by atoms with Crippen molar-refractivity contribution in [1.82, 2.24) is 4.98 Å². The molecule has 48 heavy (non-hydrogen) atoms. The molecular formula is C38H27N3O6S. The number of rotatable bonds is 10. The number of methoxy groups -OCH3 is 1. The first-order valence-electron chi connectivity index (χ1n) is 14.9. The second kappa shape index (κ2) is 14.2. The van der Waals surface area contributed by atoms with Crippen LogP contribution in [0.25, 0.3) is 22.4 Å². The Hall–Kier alpha value is -6.05. The van der Waals surface area contributed by atoms with Gasteiger partial charge < -0.3 is 9.47 Å². The van der Waals surface area contributed by atoms with Gasteiger partial charge in [-0.1, -0.05) is 78.5 Å². The van der Waals surface area contributed by atoms with E-state index in [9.17, 15) is 24.4 Å². The van der Waals surface area contributed by atoms with Gasteiger partial charge >= 0.3 is 5.97 Å². The number of ether oxygens (including phenoxy) is 2. The van der Waals surface area contributed by atoms with Crippen LogP contribution in [0, 0.1) is 11.3 Å². The molecule has 9 nitrogen and oxygen atoms in total. The SMILES string of the molecule is COc1cccc(-c2ccc(C#N)c(SC3CC(=O)N(c4ccc(C(=O)OCC(=O)c5ccc(-c6ccccc6)cc5)cc4)C3=O)n2)c1. The minimum Gasteiger partial charge on any atom is -0.497 e. The Morgan fingerprint density at radius 3 is 2.25 bits per heavy atom. The number of aromatic nitrogens is 1. The number of carbonyl (C=O) groups excluding carboxylic acids is 4. The number of carbonyl (C=O) groups is 4. The lowest BCUT2D eigenvalue weighted by Gasteiger charge is -2.15. The Kier molecular flexibility index (Phi) is 9.41. The summed E-state index contributed by atoms with van der Waals surface area (Å²) in [4.78, 5) is 57.5. The third-order valence-electron chi connectivity index (χ3n) is 7.71. The lowest BCUT2D eigenvalue weighted by Crippen LogP contribution is -2.31. The number of nitriles is 1. The topological polar surface area (TPSA) is 127 Å². The first-order chi connectivity index (χ1) is 23.3. The van der Waals surface area contributed by atoms with Crippen LogP contribution in [0.1, 0.15) is 32.7 Å². The highest BCUT2D eigenvalue weighted by molar-refractivity contribution is 8.00. The molecule has 1 saturated heterocycles. The predicted molar refractivity (Wildman–Crippen MR) is 181 cm³/mol. The van der Waals surface area contributed by atoms with E-state index >= 15 is 0 Å². The monoisotopic (exact) mass is 653 g/mol. The van der Waals surface area contributed by atoms with Crippen LogP contribution in [0.3, 0.4) is 0 Å². The quantitative estimate of drug-likeness (QED) is 0.0913. The number of thioether (sulfide) groups is 1. The van der Waals surface area contributed by atoms with E-state index in [1.54, 1.807) is 31.4 Å². The number of benzene rings is 4. The molecule has 10 heteroatoms. The Balaban J connectivity index is 1.09. The maximum atomic E-state index is 13.4. The molecule has 2 heterocycles. The van der Waals surface area contributed by atoms with Crippen molar-refractivity contribution in [1.29, 1.82) is 5.26 Å². The molecule has 2 amide bonds. The molecule has 1 aliphatic heterocycles. The average molecular weight is 654 g/mol. The Morgan fingerprint density at radius 1 is 0.854 bits per heavy atom. The van der Waals surface area contributed by atoms with Gasteiger partial charge in [-0.2, -0.15) is 5.26 Å². The van der Waals surface area contributed by atoms with Crippen molar-refractivity contribution in [2.45, 2.75) is 16.7 Å². The van der Waals surface area contributed by atoms with Crippen molar-refractivity contribution in [2.24, 2.45) is 0 Å². The number of ketones is 1. The van der Waals surface area contributed by atoms with Gasteiger partial charge in [0.2, 0.25) is 11.8 Å². The second-order valence-electron chi connectivity index (χ2n) is 10.8. The van der Waals surface area contributed by atoms with Crippen LogP contribution in [0.2, 0.25) is 0 Å². The lowest BCUT2D eigenvalue weighted by atomic mass is 10.0. The number of esters is 1. The average Bonchev–Trinajstić information content (AvgIpc) is 3.42. The molecule has 1 aliphatic rings. The summed E-state index contributed by atoms with van der Waals surface area (Å²) in [5.41, 5.74) is 4.51. The largest absolute Gasteiger partial charge is 0.497 e. The van der Waals surface area contributed by atoms with Crippen molar-refractivity contribution in [3.8, 4) is 34.2 Å². The van der Waals surface area contributed by atoms with Gasteiger partial charge in [-0.15, -0.1) is 0 Å². The maximum absolute atomic E-state index is 13.4. The Bertz CT molecular complexity index is 2060. The van der Waals surface area contributed by atoms with Gasteiger partial charge in [0.1, 0.15) is 16.8 Å². The van der Waals surface area contributed by atoms with Crippen LogP contribution >= 0.6 is 11.8 Å². The maximum Gasteiger partial charge on any atom is 0.338 e. The molecule has 0 radical (unpaired) electrons. The van der Waals surface area contributed by atoms with Crippen molar-refractivity contribution < 1.29 is 28.7 Å². The van der Waals surface area contributed by atoms with Gasteiger partial charge in [-0.05, 0) is 59.7 Å². The van der Waals surface area contributed by atoms with Crippen molar-refractivity contribution in [3.05, 3.63) is 132 Å². The summed E-state index contributed by atoms with van der Waals surface area (Å²) in [6.45, 7) is -0.439. The number of anilines is 1. The number of hydrogen-bond donors (Lipinski definition) is 0. The highest BCUT2D eigenvalue weighted by Crippen LogP contribution is 2.36. The molecule has 1 atom stereocenters. The van der Waals surface area contributed by atoms with Crippen LogP contribution in [0.5, 0.6) is 5.75 Å². The van der Waals surface area contributed by atoms with E-state index < -0.39 is 29.6 Å². The summed E-state index contributed by atoms with van der Waals surface area (Å²) in [5.74, 6) is -1.28. The fourth-order valence-electron chi connectivity index (χ4n) is 5.18. The predicted octanol–water partition coefficient (Wildman–Crippen LogP) is 6.76. The molecule has 0 aliphatic carbocycles. The van der Waals surface area contributed by atoms with E-state index in [0.29, 0.717) is 22.0 Å². The second-order valence-corrected chi connectivity index (χ2v) is 12.0. The minimum absolute atomic E-state index is 0.0856. The molecule has 0 spiro atoms. The lowest BCUT2D eigenvalue weighted by molar-refractivity contribution is -0.121. The van der Waals surface area contributed by atoms with Crippen LogP contribution in [0.4, 0.5) is 5.69 Å². The number of pyridine rings is 1. The summed E-state index contributed by atoms with van der Waals surface area (Å²) < 4.78 is 10.5. The number of Topliss-reactive ketones (excluding diaryl/α,β-unsaturated/α-hetero) is 1. The van der Waals surface area contributed by atoms with Crippen LogP contribution < -0.4 is 9.64 Å². The van der Waals surface area contributed by atoms with Crippen LogP contribution in [-0.4, -0.2) is 47.5 Å². The van der Waals surface area contributed by atoms with E-state index in [0.717, 1.165) is 33.4 Å². The first kappa shape index (κ1) is 31.9. The van der Waals surface area contributed by atoms with E-state index in [1.165, 1.54) is 24.3 Å². The molecular weight excluding hydrogens is 627 g/mol. The normalized spacial score (nSPS) is 14.0. The van der Waals surface area contributed by atoms with Crippen molar-refractivity contribution in [3.63, 3.8) is 0 Å². The number of hydrogen-bond acceptors (Lipinski definition) is 9. The van der Waals surface area contributed by atoms with Crippen molar-refractivity contribution >= 4 is 41.0 Å².